The third-order valence-corrected chi connectivity index (χ3v) is 10.1. The second-order valence-corrected chi connectivity index (χ2v) is 12.9. The lowest BCUT2D eigenvalue weighted by Gasteiger charge is -2.42. The van der Waals surface area contributed by atoms with E-state index in [4.69, 9.17) is 9.47 Å². The van der Waals surface area contributed by atoms with Crippen molar-refractivity contribution in [2.24, 2.45) is 33.5 Å². The molecule has 4 bridgehead atoms. The zero-order valence-corrected chi connectivity index (χ0v) is 20.5. The Hall–Kier alpha value is -1.84. The lowest BCUT2D eigenvalue weighted by atomic mass is 9.70. The summed E-state index contributed by atoms with van der Waals surface area (Å²) in [6.07, 6.45) is 6.56. The van der Waals surface area contributed by atoms with Crippen molar-refractivity contribution in [2.75, 3.05) is 0 Å². The number of ether oxygens (including phenoxy) is 2. The molecule has 4 aliphatic carbocycles. The summed E-state index contributed by atoms with van der Waals surface area (Å²) < 4.78 is 12.3. The van der Waals surface area contributed by atoms with E-state index >= 15 is 0 Å². The van der Waals surface area contributed by atoms with Crippen LogP contribution in [0.15, 0.2) is 24.3 Å². The maximum atomic E-state index is 13.4. The van der Waals surface area contributed by atoms with Gasteiger partial charge in [-0.25, -0.2) is 9.59 Å². The van der Waals surface area contributed by atoms with Gasteiger partial charge in [0.15, 0.2) is 0 Å². The van der Waals surface area contributed by atoms with E-state index in [0.717, 1.165) is 25.7 Å². The molecule has 0 aromatic heterocycles. The van der Waals surface area contributed by atoms with Gasteiger partial charge in [0.25, 0.3) is 0 Å². The average Bonchev–Trinajstić information content (AvgIpc) is 3.41. The molecule has 4 saturated carbocycles. The van der Waals surface area contributed by atoms with E-state index in [1.165, 1.54) is 12.8 Å². The largest absolute Gasteiger partial charge is 0.458 e. The van der Waals surface area contributed by atoms with Crippen LogP contribution in [0.2, 0.25) is 0 Å². The number of fused-ring (bicyclic) bond motifs is 4. The molecule has 0 radical (unpaired) electrons. The average molecular weight is 439 g/mol. The SMILES string of the molecule is CC12CCC(C1)C(C)(C)C2OC(=O)c1ccccc1C(=O)OC1C2(C)CCC(C2)C1(C)C. The Morgan fingerprint density at radius 1 is 0.719 bits per heavy atom. The van der Waals surface area contributed by atoms with Crippen molar-refractivity contribution in [1.82, 2.24) is 0 Å². The number of benzene rings is 1. The predicted molar refractivity (Wildman–Crippen MR) is 123 cm³/mol. The maximum absolute atomic E-state index is 13.4. The molecule has 4 fully saturated rings. The van der Waals surface area contributed by atoms with Crippen LogP contribution in [0.3, 0.4) is 0 Å². The van der Waals surface area contributed by atoms with Gasteiger partial charge in [-0.15, -0.1) is 0 Å². The first-order valence-corrected chi connectivity index (χ1v) is 12.4. The molecule has 4 nitrogen and oxygen atoms in total. The predicted octanol–water partition coefficient (Wildman–Crippen LogP) is 6.43. The highest BCUT2D eigenvalue weighted by molar-refractivity contribution is 6.03. The Morgan fingerprint density at radius 2 is 1.09 bits per heavy atom. The van der Waals surface area contributed by atoms with Gasteiger partial charge < -0.3 is 9.47 Å². The molecule has 32 heavy (non-hydrogen) atoms. The van der Waals surface area contributed by atoms with E-state index in [-0.39, 0.29) is 33.9 Å². The van der Waals surface area contributed by atoms with Crippen molar-refractivity contribution in [3.63, 3.8) is 0 Å². The summed E-state index contributed by atoms with van der Waals surface area (Å²) in [7, 11) is 0. The lowest BCUT2D eigenvalue weighted by molar-refractivity contribution is -0.0609. The van der Waals surface area contributed by atoms with Crippen molar-refractivity contribution in [3.05, 3.63) is 35.4 Å². The monoisotopic (exact) mass is 438 g/mol. The fourth-order valence-electron chi connectivity index (χ4n) is 8.28. The highest BCUT2D eigenvalue weighted by atomic mass is 16.6. The molecule has 0 aliphatic heterocycles. The first-order chi connectivity index (χ1) is 14.9. The molecular weight excluding hydrogens is 400 g/mol. The van der Waals surface area contributed by atoms with Gasteiger partial charge in [-0.2, -0.15) is 0 Å². The van der Waals surface area contributed by atoms with Crippen LogP contribution in [0.1, 0.15) is 101 Å². The quantitative estimate of drug-likeness (QED) is 0.508. The number of hydrogen-bond donors (Lipinski definition) is 0. The second-order valence-electron chi connectivity index (χ2n) is 12.9. The lowest BCUT2D eigenvalue weighted by Crippen LogP contribution is -2.44. The smallest absolute Gasteiger partial charge is 0.339 e. The van der Waals surface area contributed by atoms with Gasteiger partial charge in [0, 0.05) is 21.7 Å². The Morgan fingerprint density at radius 3 is 1.41 bits per heavy atom. The van der Waals surface area contributed by atoms with Crippen LogP contribution in [0, 0.1) is 33.5 Å². The standard InChI is InChI=1S/C28H38O4/c1-25(2)17-11-13-27(5,15-17)23(25)31-21(29)19-9-7-8-10-20(19)22(30)32-24-26(3,4)18-12-14-28(24,6)16-18/h7-10,17-18,23-24H,11-16H2,1-6H3. The van der Waals surface area contributed by atoms with Gasteiger partial charge in [-0.05, 0) is 62.5 Å². The summed E-state index contributed by atoms with van der Waals surface area (Å²) in [5.74, 6) is 0.378. The molecule has 0 amide bonds. The molecule has 5 rings (SSSR count). The minimum atomic E-state index is -0.400. The first kappa shape index (κ1) is 22.0. The summed E-state index contributed by atoms with van der Waals surface area (Å²) in [6, 6.07) is 7.00. The molecule has 4 aliphatic rings. The maximum Gasteiger partial charge on any atom is 0.339 e. The molecule has 6 atom stereocenters. The molecule has 4 heteroatoms. The van der Waals surface area contributed by atoms with E-state index in [9.17, 15) is 9.59 Å². The molecule has 174 valence electrons. The van der Waals surface area contributed by atoms with Gasteiger partial charge in [0.1, 0.15) is 12.2 Å². The zero-order chi connectivity index (χ0) is 23.1. The van der Waals surface area contributed by atoms with E-state index in [1.54, 1.807) is 24.3 Å². The minimum Gasteiger partial charge on any atom is -0.458 e. The van der Waals surface area contributed by atoms with Crippen LogP contribution in [-0.2, 0) is 9.47 Å². The summed E-state index contributed by atoms with van der Waals surface area (Å²) in [5, 5.41) is 0. The van der Waals surface area contributed by atoms with Crippen LogP contribution in [0.25, 0.3) is 0 Å². The van der Waals surface area contributed by atoms with Crippen molar-refractivity contribution in [3.8, 4) is 0 Å². The molecule has 1 aromatic rings. The van der Waals surface area contributed by atoms with Crippen molar-refractivity contribution in [1.29, 1.82) is 0 Å². The van der Waals surface area contributed by atoms with Crippen molar-refractivity contribution >= 4 is 11.9 Å². The van der Waals surface area contributed by atoms with E-state index in [0.29, 0.717) is 23.0 Å². The molecule has 0 saturated heterocycles. The molecular formula is C28H38O4. The van der Waals surface area contributed by atoms with Gasteiger partial charge in [-0.3, -0.25) is 0 Å². The highest BCUT2D eigenvalue weighted by Crippen LogP contribution is 2.64. The minimum absolute atomic E-state index is 0.0287. The van der Waals surface area contributed by atoms with Gasteiger partial charge >= 0.3 is 11.9 Å². The summed E-state index contributed by atoms with van der Waals surface area (Å²) >= 11 is 0. The molecule has 6 unspecified atom stereocenters. The van der Waals surface area contributed by atoms with E-state index < -0.39 is 11.9 Å². The Labute approximate surface area is 192 Å². The normalized spacial score (nSPS) is 40.4. The van der Waals surface area contributed by atoms with Gasteiger partial charge in [-0.1, -0.05) is 53.7 Å². The van der Waals surface area contributed by atoms with Crippen molar-refractivity contribution < 1.29 is 19.1 Å². The zero-order valence-electron chi connectivity index (χ0n) is 20.5. The molecule has 0 spiro atoms. The van der Waals surface area contributed by atoms with Crippen LogP contribution in [0.5, 0.6) is 0 Å². The van der Waals surface area contributed by atoms with Crippen LogP contribution >= 0.6 is 0 Å². The van der Waals surface area contributed by atoms with Gasteiger partial charge in [0.2, 0.25) is 0 Å². The molecule has 0 heterocycles. The Bertz CT molecular complexity index is 875. The van der Waals surface area contributed by atoms with E-state index in [1.807, 2.05) is 0 Å². The fourth-order valence-corrected chi connectivity index (χ4v) is 8.28. The fraction of sp³-hybridized carbons (Fsp3) is 0.714. The third kappa shape index (κ3) is 3.00. The number of esters is 2. The van der Waals surface area contributed by atoms with E-state index in [2.05, 4.69) is 41.5 Å². The number of carbonyl (C=O) groups is 2. The van der Waals surface area contributed by atoms with Crippen LogP contribution in [-0.4, -0.2) is 24.1 Å². The Kier molecular flexibility index (Phi) is 4.69. The van der Waals surface area contributed by atoms with Crippen LogP contribution < -0.4 is 0 Å². The van der Waals surface area contributed by atoms with Gasteiger partial charge in [0.05, 0.1) is 11.1 Å². The molecule has 0 N–H and O–H groups in total. The highest BCUT2D eigenvalue weighted by Gasteiger charge is 2.62. The third-order valence-electron chi connectivity index (χ3n) is 10.1. The second kappa shape index (κ2) is 6.84. The van der Waals surface area contributed by atoms with Crippen LogP contribution in [0.4, 0.5) is 0 Å². The summed E-state index contributed by atoms with van der Waals surface area (Å²) in [4.78, 5) is 26.7. The number of rotatable bonds is 4. The number of hydrogen-bond acceptors (Lipinski definition) is 4. The summed E-state index contributed by atoms with van der Waals surface area (Å²) in [5.41, 5.74) is 0.623. The topological polar surface area (TPSA) is 52.6 Å². The summed E-state index contributed by atoms with van der Waals surface area (Å²) in [6.45, 7) is 13.4. The Balaban J connectivity index is 1.38. The number of carbonyl (C=O) groups excluding carboxylic acids is 2. The first-order valence-electron chi connectivity index (χ1n) is 12.4. The van der Waals surface area contributed by atoms with Crippen molar-refractivity contribution in [2.45, 2.75) is 92.3 Å². The molecule has 1 aromatic carbocycles.